The van der Waals surface area contributed by atoms with Crippen LogP contribution in [0.4, 0.5) is 0 Å². The smallest absolute Gasteiger partial charge is 0.198 e. The summed E-state index contributed by atoms with van der Waals surface area (Å²) in [4.78, 5) is 9.88. The zero-order valence-electron chi connectivity index (χ0n) is 9.39. The largest absolute Gasteiger partial charge is 0.381 e. The van der Waals surface area contributed by atoms with E-state index < -0.39 is 0 Å². The lowest BCUT2D eigenvalue weighted by Gasteiger charge is -2.02. The van der Waals surface area contributed by atoms with Crippen LogP contribution in [0.15, 0.2) is 0 Å². The van der Waals surface area contributed by atoms with Crippen molar-refractivity contribution in [1.82, 2.24) is 0 Å². The first kappa shape index (κ1) is 13.6. The summed E-state index contributed by atoms with van der Waals surface area (Å²) < 4.78 is 5.46. The maximum Gasteiger partial charge on any atom is 0.198 e. The Hall–Kier alpha value is -0.370. The molecule has 0 aromatic heterocycles. The number of ether oxygens (including phenoxy) is 1. The highest BCUT2D eigenvalue weighted by molar-refractivity contribution is 5.50. The third-order valence-corrected chi connectivity index (χ3v) is 2.21. The maximum absolute atomic E-state index is 9.88. The van der Waals surface area contributed by atoms with Crippen LogP contribution in [-0.2, 0) is 9.53 Å². The van der Waals surface area contributed by atoms with Gasteiger partial charge in [0.1, 0.15) is 0 Å². The number of carbonyl (C=O) groups excluding carboxylic acids is 1. The van der Waals surface area contributed by atoms with Crippen LogP contribution in [0.1, 0.15) is 58.3 Å². The van der Waals surface area contributed by atoms with Crippen LogP contribution in [0.25, 0.3) is 0 Å². The first-order valence-electron chi connectivity index (χ1n) is 5.84. The van der Waals surface area contributed by atoms with Gasteiger partial charge in [-0.15, -0.1) is 0 Å². The van der Waals surface area contributed by atoms with Crippen molar-refractivity contribution in [3.8, 4) is 0 Å². The van der Waals surface area contributed by atoms with Crippen molar-refractivity contribution in [2.24, 2.45) is 0 Å². The summed E-state index contributed by atoms with van der Waals surface area (Å²) in [5.74, 6) is 0. The third-order valence-electron chi connectivity index (χ3n) is 2.21. The summed E-state index contributed by atoms with van der Waals surface area (Å²) in [5.41, 5.74) is 0. The van der Waals surface area contributed by atoms with Crippen molar-refractivity contribution in [3.63, 3.8) is 0 Å². The summed E-state index contributed by atoms with van der Waals surface area (Å²) in [6, 6.07) is 0. The molecule has 0 saturated carbocycles. The Balaban J connectivity index is 2.81. The van der Waals surface area contributed by atoms with Gasteiger partial charge in [-0.2, -0.15) is 0 Å². The van der Waals surface area contributed by atoms with E-state index in [9.17, 15) is 4.79 Å². The molecule has 0 aromatic rings. The quantitative estimate of drug-likeness (QED) is 0.477. The fraction of sp³-hybridized carbons (Fsp3) is 0.917. The van der Waals surface area contributed by atoms with Gasteiger partial charge in [0.15, 0.2) is 6.29 Å². The Morgan fingerprint density at radius 1 is 0.929 bits per heavy atom. The van der Waals surface area contributed by atoms with Crippen molar-refractivity contribution in [1.29, 1.82) is 0 Å². The molecule has 0 atom stereocenters. The number of hydrogen-bond acceptors (Lipinski definition) is 2. The molecule has 1 radical (unpaired) electrons. The van der Waals surface area contributed by atoms with Crippen LogP contribution >= 0.6 is 0 Å². The number of unbranched alkanes of at least 4 members (excludes halogenated alkanes) is 6. The Morgan fingerprint density at radius 2 is 1.57 bits per heavy atom. The standard InChI is InChI=1S/C12H23O2/c1-2-3-4-8-11-14-12-9-6-5-7-10-13/h2-9,11-12H2,1H3. The average Bonchev–Trinajstić information content (AvgIpc) is 2.21. The molecular weight excluding hydrogens is 176 g/mol. The molecule has 0 N–H and O–H groups in total. The molecule has 0 amide bonds. The van der Waals surface area contributed by atoms with Crippen molar-refractivity contribution in [2.45, 2.75) is 58.3 Å². The van der Waals surface area contributed by atoms with Gasteiger partial charge in [-0.25, -0.2) is 0 Å². The highest BCUT2D eigenvalue weighted by Crippen LogP contribution is 2.01. The molecule has 0 rings (SSSR count). The number of rotatable bonds is 11. The van der Waals surface area contributed by atoms with Gasteiger partial charge in [0.05, 0.1) is 0 Å². The van der Waals surface area contributed by atoms with Gasteiger partial charge in [0.25, 0.3) is 0 Å². The lowest BCUT2D eigenvalue weighted by Crippen LogP contribution is -1.97. The molecule has 0 fully saturated rings. The van der Waals surface area contributed by atoms with E-state index in [1.165, 1.54) is 25.7 Å². The van der Waals surface area contributed by atoms with E-state index >= 15 is 0 Å². The van der Waals surface area contributed by atoms with E-state index in [0.29, 0.717) is 6.42 Å². The summed E-state index contributed by atoms with van der Waals surface area (Å²) in [6.07, 6.45) is 10.7. The van der Waals surface area contributed by atoms with Gasteiger partial charge in [-0.05, 0) is 19.3 Å². The zero-order chi connectivity index (χ0) is 10.5. The molecule has 0 aliphatic carbocycles. The summed E-state index contributed by atoms with van der Waals surface area (Å²) >= 11 is 0. The molecule has 2 nitrogen and oxygen atoms in total. The highest BCUT2D eigenvalue weighted by atomic mass is 16.5. The Labute approximate surface area is 88.0 Å². The second kappa shape index (κ2) is 12.6. The summed E-state index contributed by atoms with van der Waals surface area (Å²) in [6.45, 7) is 3.97. The third kappa shape index (κ3) is 11.6. The first-order valence-corrected chi connectivity index (χ1v) is 5.84. The second-order valence-electron chi connectivity index (χ2n) is 3.63. The zero-order valence-corrected chi connectivity index (χ0v) is 9.39. The van der Waals surface area contributed by atoms with E-state index in [4.69, 9.17) is 4.74 Å². The van der Waals surface area contributed by atoms with Crippen LogP contribution in [-0.4, -0.2) is 19.5 Å². The maximum atomic E-state index is 9.88. The van der Waals surface area contributed by atoms with Crippen LogP contribution in [0.5, 0.6) is 0 Å². The molecule has 0 spiro atoms. The van der Waals surface area contributed by atoms with Crippen LogP contribution in [0.2, 0.25) is 0 Å². The van der Waals surface area contributed by atoms with Gasteiger partial charge in [-0.3, -0.25) is 4.79 Å². The molecular formula is C12H23O2. The van der Waals surface area contributed by atoms with E-state index in [2.05, 4.69) is 6.92 Å². The molecule has 0 bridgehead atoms. The van der Waals surface area contributed by atoms with Gasteiger partial charge in [-0.1, -0.05) is 32.6 Å². The normalized spacial score (nSPS) is 10.4. The average molecular weight is 199 g/mol. The van der Waals surface area contributed by atoms with E-state index in [0.717, 1.165) is 32.5 Å². The van der Waals surface area contributed by atoms with Crippen molar-refractivity contribution >= 4 is 6.29 Å². The molecule has 0 saturated heterocycles. The molecule has 0 aliphatic rings. The molecule has 14 heavy (non-hydrogen) atoms. The molecule has 2 heteroatoms. The fourth-order valence-corrected chi connectivity index (χ4v) is 1.31. The van der Waals surface area contributed by atoms with Gasteiger partial charge < -0.3 is 4.74 Å². The Bertz CT molecular complexity index is 113. The van der Waals surface area contributed by atoms with Gasteiger partial charge in [0, 0.05) is 19.6 Å². The van der Waals surface area contributed by atoms with Crippen LogP contribution < -0.4 is 0 Å². The SMILES string of the molecule is CCCCCCOCCCCC[C]=O. The molecule has 0 heterocycles. The Kier molecular flexibility index (Phi) is 12.3. The van der Waals surface area contributed by atoms with Gasteiger partial charge >= 0.3 is 0 Å². The minimum Gasteiger partial charge on any atom is -0.381 e. The molecule has 0 aliphatic heterocycles. The van der Waals surface area contributed by atoms with E-state index in [-0.39, 0.29) is 0 Å². The minimum atomic E-state index is 0.580. The Morgan fingerprint density at radius 3 is 2.14 bits per heavy atom. The van der Waals surface area contributed by atoms with Crippen molar-refractivity contribution in [3.05, 3.63) is 0 Å². The second-order valence-corrected chi connectivity index (χ2v) is 3.63. The lowest BCUT2D eigenvalue weighted by molar-refractivity contribution is 0.126. The van der Waals surface area contributed by atoms with Gasteiger partial charge in [0.2, 0.25) is 0 Å². The predicted octanol–water partition coefficient (Wildman–Crippen LogP) is 3.25. The van der Waals surface area contributed by atoms with Crippen LogP contribution in [0.3, 0.4) is 0 Å². The van der Waals surface area contributed by atoms with Crippen molar-refractivity contribution in [2.75, 3.05) is 13.2 Å². The molecule has 0 unspecified atom stereocenters. The highest BCUT2D eigenvalue weighted by Gasteiger charge is 1.91. The van der Waals surface area contributed by atoms with Crippen molar-refractivity contribution < 1.29 is 9.53 Å². The molecule has 83 valence electrons. The predicted molar refractivity (Wildman–Crippen MR) is 59.1 cm³/mol. The van der Waals surface area contributed by atoms with Crippen LogP contribution in [0, 0.1) is 0 Å². The topological polar surface area (TPSA) is 26.3 Å². The minimum absolute atomic E-state index is 0.580. The number of hydrogen-bond donors (Lipinski definition) is 0. The van der Waals surface area contributed by atoms with E-state index in [1.807, 2.05) is 6.29 Å². The monoisotopic (exact) mass is 199 g/mol. The molecule has 0 aromatic carbocycles. The van der Waals surface area contributed by atoms with E-state index in [1.54, 1.807) is 0 Å². The lowest BCUT2D eigenvalue weighted by atomic mass is 10.2. The summed E-state index contributed by atoms with van der Waals surface area (Å²) in [7, 11) is 0. The fourth-order valence-electron chi connectivity index (χ4n) is 1.31. The summed E-state index contributed by atoms with van der Waals surface area (Å²) in [5, 5.41) is 0. The first-order chi connectivity index (χ1) is 6.91.